The first-order valence-corrected chi connectivity index (χ1v) is 8.92. The Morgan fingerprint density at radius 1 is 1.00 bits per heavy atom. The third-order valence-electron chi connectivity index (χ3n) is 4.69. The Kier molecular flexibility index (Phi) is 6.80. The van der Waals surface area contributed by atoms with E-state index in [1.165, 1.54) is 25.7 Å². The maximum atomic E-state index is 12.0. The van der Waals surface area contributed by atoms with Gasteiger partial charge in [0.15, 0.2) is 0 Å². The molecule has 3 N–H and O–H groups in total. The Balaban J connectivity index is 1.98. The fourth-order valence-electron chi connectivity index (χ4n) is 3.23. The van der Waals surface area contributed by atoms with Crippen LogP contribution in [-0.2, 0) is 4.79 Å². The van der Waals surface area contributed by atoms with Crippen LogP contribution in [0, 0.1) is 0 Å². The molecule has 132 valence electrons. The lowest BCUT2D eigenvalue weighted by Gasteiger charge is -2.33. The normalized spacial score (nSPS) is 27.5. The summed E-state index contributed by atoms with van der Waals surface area (Å²) in [6, 6.07) is -0.725. The van der Waals surface area contributed by atoms with Crippen LogP contribution in [-0.4, -0.2) is 60.4 Å². The van der Waals surface area contributed by atoms with Crippen molar-refractivity contribution in [1.29, 1.82) is 0 Å². The molecule has 7 heteroatoms. The number of rotatable bonds is 9. The molecule has 3 unspecified atom stereocenters. The number of amides is 3. The summed E-state index contributed by atoms with van der Waals surface area (Å²) in [5.74, 6) is -0.241. The number of carbonyl (C=O) groups is 2. The monoisotopic (exact) mass is 325 g/mol. The maximum absolute atomic E-state index is 12.0. The van der Waals surface area contributed by atoms with Gasteiger partial charge in [0.25, 0.3) is 0 Å². The molecule has 3 atom stereocenters. The van der Waals surface area contributed by atoms with E-state index in [-0.39, 0.29) is 30.4 Å². The van der Waals surface area contributed by atoms with Crippen LogP contribution in [0.2, 0.25) is 0 Å². The van der Waals surface area contributed by atoms with E-state index < -0.39 is 0 Å². The van der Waals surface area contributed by atoms with Crippen molar-refractivity contribution >= 4 is 11.9 Å². The second-order valence-electron chi connectivity index (χ2n) is 6.51. The van der Waals surface area contributed by atoms with E-state index in [0.29, 0.717) is 0 Å². The second-order valence-corrected chi connectivity index (χ2v) is 6.51. The highest BCUT2D eigenvalue weighted by Gasteiger charge is 2.47. The molecule has 23 heavy (non-hydrogen) atoms. The quantitative estimate of drug-likeness (QED) is 0.552. The third kappa shape index (κ3) is 4.43. The minimum absolute atomic E-state index is 0.0576. The molecule has 0 bridgehead atoms. The third-order valence-corrected chi connectivity index (χ3v) is 4.69. The lowest BCUT2D eigenvalue weighted by Crippen LogP contribution is -2.64. The number of likely N-dealkylation sites (N-methyl/N-ethyl adjacent to an activating group) is 1. The van der Waals surface area contributed by atoms with Crippen LogP contribution in [0.25, 0.3) is 0 Å². The number of nitrogens with zero attached hydrogens (tertiary/aromatic N) is 2. The zero-order valence-electron chi connectivity index (χ0n) is 14.6. The van der Waals surface area contributed by atoms with Gasteiger partial charge in [0.05, 0.1) is 0 Å². The molecule has 0 saturated carbocycles. The molecule has 2 saturated heterocycles. The summed E-state index contributed by atoms with van der Waals surface area (Å²) >= 11 is 0. The fraction of sp³-hybridized carbons (Fsp3) is 0.875. The molecule has 0 aromatic carbocycles. The van der Waals surface area contributed by atoms with Gasteiger partial charge in [-0.25, -0.2) is 4.79 Å². The minimum Gasteiger partial charge on any atom is -0.310 e. The molecule has 2 heterocycles. The van der Waals surface area contributed by atoms with Crippen molar-refractivity contribution in [2.45, 2.75) is 70.9 Å². The summed E-state index contributed by atoms with van der Waals surface area (Å²) in [5.41, 5.74) is 0. The van der Waals surface area contributed by atoms with Crippen LogP contribution < -0.4 is 16.0 Å². The molecule has 0 aromatic heterocycles. The van der Waals surface area contributed by atoms with Gasteiger partial charge in [-0.05, 0) is 12.8 Å². The minimum atomic E-state index is -0.387. The molecule has 2 fully saturated rings. The van der Waals surface area contributed by atoms with Gasteiger partial charge >= 0.3 is 6.03 Å². The number of fused-ring (bicyclic) bond motifs is 1. The van der Waals surface area contributed by atoms with Gasteiger partial charge in [-0.15, -0.1) is 0 Å². The summed E-state index contributed by atoms with van der Waals surface area (Å²) in [7, 11) is 1.72. The zero-order valence-corrected chi connectivity index (χ0v) is 14.6. The number of urea groups is 1. The van der Waals surface area contributed by atoms with Gasteiger partial charge in [-0.1, -0.05) is 39.5 Å². The number of nitrogens with one attached hydrogen (secondary N) is 3. The number of carbonyl (C=O) groups excluding carboxylic acids is 2. The van der Waals surface area contributed by atoms with Crippen molar-refractivity contribution in [2.75, 3.05) is 20.1 Å². The van der Waals surface area contributed by atoms with Gasteiger partial charge in [-0.2, -0.15) is 0 Å². The molecule has 0 radical (unpaired) electrons. The van der Waals surface area contributed by atoms with Crippen LogP contribution in [0.3, 0.4) is 0 Å². The van der Waals surface area contributed by atoms with Crippen molar-refractivity contribution in [2.24, 2.45) is 0 Å². The fourth-order valence-corrected chi connectivity index (χ4v) is 3.23. The predicted molar refractivity (Wildman–Crippen MR) is 89.6 cm³/mol. The Hall–Kier alpha value is -1.18. The molecule has 0 aromatic rings. The van der Waals surface area contributed by atoms with Crippen LogP contribution >= 0.6 is 0 Å². The molecular formula is C16H31N5O2. The lowest BCUT2D eigenvalue weighted by atomic mass is 10.2. The van der Waals surface area contributed by atoms with Crippen LogP contribution in [0.5, 0.6) is 0 Å². The number of imide groups is 1. The van der Waals surface area contributed by atoms with E-state index in [1.54, 1.807) is 11.9 Å². The van der Waals surface area contributed by atoms with Crippen molar-refractivity contribution < 1.29 is 9.59 Å². The van der Waals surface area contributed by atoms with Crippen LogP contribution in [0.15, 0.2) is 0 Å². The van der Waals surface area contributed by atoms with E-state index in [2.05, 4.69) is 34.7 Å². The average molecular weight is 325 g/mol. The number of hydrogen-bond acceptors (Lipinski definition) is 5. The van der Waals surface area contributed by atoms with Crippen LogP contribution in [0.4, 0.5) is 4.79 Å². The molecule has 7 nitrogen and oxygen atoms in total. The summed E-state index contributed by atoms with van der Waals surface area (Å²) in [6.07, 6.45) is 6.78. The number of hydrogen-bond donors (Lipinski definition) is 3. The van der Waals surface area contributed by atoms with Crippen molar-refractivity contribution in [3.8, 4) is 0 Å². The molecular weight excluding hydrogens is 294 g/mol. The first-order chi connectivity index (χ1) is 11.1. The Morgan fingerprint density at radius 3 is 2.17 bits per heavy atom. The largest absolute Gasteiger partial charge is 0.325 e. The van der Waals surface area contributed by atoms with E-state index >= 15 is 0 Å². The first kappa shape index (κ1) is 18.2. The van der Waals surface area contributed by atoms with E-state index in [9.17, 15) is 9.59 Å². The molecule has 0 aliphatic carbocycles. The van der Waals surface area contributed by atoms with Gasteiger partial charge in [-0.3, -0.25) is 25.6 Å². The lowest BCUT2D eigenvalue weighted by molar-refractivity contribution is -0.124. The summed E-state index contributed by atoms with van der Waals surface area (Å²) in [5, 5.41) is 9.16. The van der Waals surface area contributed by atoms with Crippen LogP contribution in [0.1, 0.15) is 52.4 Å². The van der Waals surface area contributed by atoms with Gasteiger partial charge in [0, 0.05) is 20.1 Å². The van der Waals surface area contributed by atoms with Gasteiger partial charge < -0.3 is 4.90 Å². The molecule has 2 aliphatic heterocycles. The smallest absolute Gasteiger partial charge is 0.310 e. The first-order valence-electron chi connectivity index (χ1n) is 8.92. The highest BCUT2D eigenvalue weighted by Crippen LogP contribution is 2.16. The van der Waals surface area contributed by atoms with Gasteiger partial charge in [0.2, 0.25) is 5.91 Å². The summed E-state index contributed by atoms with van der Waals surface area (Å²) < 4.78 is 0. The summed E-state index contributed by atoms with van der Waals surface area (Å²) in [6.45, 7) is 6.40. The highest BCUT2D eigenvalue weighted by molar-refractivity contribution is 6.00. The zero-order chi connectivity index (χ0) is 16.8. The Labute approximate surface area is 139 Å². The standard InChI is InChI=1S/C16H31N5O2/c1-4-6-8-10-21(11-9-7-5-2)15-17-12-13(18-15)20(3)16(23)19-14(12)22/h12-13,15,17-18H,4-11H2,1-3H3,(H,19,22,23). The van der Waals surface area contributed by atoms with E-state index in [1.807, 2.05) is 0 Å². The Morgan fingerprint density at radius 2 is 1.61 bits per heavy atom. The SMILES string of the molecule is CCCCCN(CCCCC)C1NC2C(=O)NC(=O)N(C)C2N1. The maximum Gasteiger partial charge on any atom is 0.325 e. The topological polar surface area (TPSA) is 76.7 Å². The van der Waals surface area contributed by atoms with Gasteiger partial charge in [0.1, 0.15) is 18.5 Å². The average Bonchev–Trinajstić information content (AvgIpc) is 2.97. The Bertz CT molecular complexity index is 407. The summed E-state index contributed by atoms with van der Waals surface area (Å²) in [4.78, 5) is 27.7. The highest BCUT2D eigenvalue weighted by atomic mass is 16.2. The molecule has 2 aliphatic rings. The molecule has 3 amide bonds. The predicted octanol–water partition coefficient (Wildman–Crippen LogP) is 1.02. The number of unbranched alkanes of at least 4 members (excludes halogenated alkanes) is 4. The molecule has 2 rings (SSSR count). The van der Waals surface area contributed by atoms with Crippen molar-refractivity contribution in [1.82, 2.24) is 25.8 Å². The van der Waals surface area contributed by atoms with E-state index in [4.69, 9.17) is 0 Å². The second kappa shape index (κ2) is 8.61. The van der Waals surface area contributed by atoms with E-state index in [0.717, 1.165) is 25.9 Å². The molecule has 0 spiro atoms. The van der Waals surface area contributed by atoms with Crippen molar-refractivity contribution in [3.05, 3.63) is 0 Å². The van der Waals surface area contributed by atoms with Crippen molar-refractivity contribution in [3.63, 3.8) is 0 Å².